The third-order valence-electron chi connectivity index (χ3n) is 3.20. The summed E-state index contributed by atoms with van der Waals surface area (Å²) in [5.41, 5.74) is 0.972. The van der Waals surface area contributed by atoms with Crippen LogP contribution in [0.2, 0.25) is 0 Å². The Bertz CT molecular complexity index is 677. The van der Waals surface area contributed by atoms with Crippen LogP contribution in [0.15, 0.2) is 22.6 Å². The molecule has 112 valence electrons. The average Bonchev–Trinajstić information content (AvgIpc) is 2.76. The molecule has 0 bridgehead atoms. The molecule has 0 saturated carbocycles. The lowest BCUT2D eigenvalue weighted by Crippen LogP contribution is -2.21. The molecule has 0 unspecified atom stereocenters. The van der Waals surface area contributed by atoms with Gasteiger partial charge in [0.15, 0.2) is 11.3 Å². The quantitative estimate of drug-likeness (QED) is 0.597. The van der Waals surface area contributed by atoms with E-state index < -0.39 is 28.9 Å². The Morgan fingerprint density at radius 1 is 1.24 bits per heavy atom. The fourth-order valence-corrected chi connectivity index (χ4v) is 2.37. The highest BCUT2D eigenvalue weighted by Crippen LogP contribution is 2.34. The van der Waals surface area contributed by atoms with Crippen LogP contribution in [0.1, 0.15) is 17.2 Å². The summed E-state index contributed by atoms with van der Waals surface area (Å²) in [6.07, 6.45) is 0. The van der Waals surface area contributed by atoms with Crippen LogP contribution in [-0.4, -0.2) is 30.0 Å². The highest BCUT2D eigenvalue weighted by molar-refractivity contribution is 5.87. The van der Waals surface area contributed by atoms with Crippen molar-refractivity contribution in [3.8, 4) is 5.75 Å². The van der Waals surface area contributed by atoms with Crippen molar-refractivity contribution in [2.45, 2.75) is 12.8 Å². The number of fused-ring (bicyclic) bond motifs is 1. The van der Waals surface area contributed by atoms with Crippen molar-refractivity contribution in [1.29, 1.82) is 0 Å². The van der Waals surface area contributed by atoms with Crippen LogP contribution < -0.4 is 4.74 Å². The maximum absolute atomic E-state index is 10.8. The summed E-state index contributed by atoms with van der Waals surface area (Å²) in [7, 11) is 1.48. The van der Waals surface area contributed by atoms with Gasteiger partial charge in [0.2, 0.25) is 13.1 Å². The van der Waals surface area contributed by atoms with Crippen molar-refractivity contribution >= 4 is 11.0 Å². The van der Waals surface area contributed by atoms with Gasteiger partial charge in [0, 0.05) is 15.2 Å². The van der Waals surface area contributed by atoms with Gasteiger partial charge in [-0.1, -0.05) is 6.07 Å². The number of methoxy groups -OCH3 is 1. The summed E-state index contributed by atoms with van der Waals surface area (Å²) >= 11 is 0. The number of ether oxygens (including phenoxy) is 1. The molecule has 0 saturated heterocycles. The zero-order valence-electron chi connectivity index (χ0n) is 11.6. The monoisotopic (exact) mass is 294 g/mol. The fraction of sp³-hybridized carbons (Fsp3) is 0.385. The third-order valence-corrected chi connectivity index (χ3v) is 3.20. The highest BCUT2D eigenvalue weighted by Gasteiger charge is 2.27. The van der Waals surface area contributed by atoms with Gasteiger partial charge < -0.3 is 9.15 Å². The molecule has 0 radical (unpaired) electrons. The fourth-order valence-electron chi connectivity index (χ4n) is 2.37. The van der Waals surface area contributed by atoms with E-state index in [0.29, 0.717) is 28.0 Å². The predicted molar refractivity (Wildman–Crippen MR) is 74.0 cm³/mol. The van der Waals surface area contributed by atoms with Crippen molar-refractivity contribution in [2.75, 3.05) is 20.2 Å². The summed E-state index contributed by atoms with van der Waals surface area (Å²) in [6, 6.07) is 4.93. The Balaban J connectivity index is 2.56. The van der Waals surface area contributed by atoms with Crippen LogP contribution in [0.25, 0.3) is 11.0 Å². The van der Waals surface area contributed by atoms with Crippen molar-refractivity contribution in [3.63, 3.8) is 0 Å². The first-order chi connectivity index (χ1) is 9.92. The highest BCUT2D eigenvalue weighted by atomic mass is 16.6. The van der Waals surface area contributed by atoms with E-state index in [-0.39, 0.29) is 0 Å². The van der Waals surface area contributed by atoms with Gasteiger partial charge in [-0.15, -0.1) is 0 Å². The van der Waals surface area contributed by atoms with Crippen LogP contribution in [0.5, 0.6) is 5.75 Å². The van der Waals surface area contributed by atoms with Gasteiger partial charge >= 0.3 is 0 Å². The van der Waals surface area contributed by atoms with E-state index >= 15 is 0 Å². The second kappa shape index (κ2) is 5.78. The van der Waals surface area contributed by atoms with E-state index in [2.05, 4.69) is 0 Å². The van der Waals surface area contributed by atoms with E-state index in [1.165, 1.54) is 7.11 Å². The van der Waals surface area contributed by atoms with Crippen LogP contribution in [0.3, 0.4) is 0 Å². The second-order valence-electron chi connectivity index (χ2n) is 4.68. The number of nitro groups is 2. The predicted octanol–water partition coefficient (Wildman–Crippen LogP) is 2.39. The maximum Gasteiger partial charge on any atom is 0.217 e. The third kappa shape index (κ3) is 3.10. The molecule has 8 heteroatoms. The van der Waals surface area contributed by atoms with E-state index in [1.54, 1.807) is 25.1 Å². The lowest BCUT2D eigenvalue weighted by atomic mass is 9.95. The molecule has 0 aliphatic heterocycles. The van der Waals surface area contributed by atoms with E-state index in [1.807, 2.05) is 0 Å². The number of rotatable bonds is 6. The Kier molecular flexibility index (Phi) is 4.06. The normalized spacial score (nSPS) is 11.0. The summed E-state index contributed by atoms with van der Waals surface area (Å²) in [5, 5.41) is 22.1. The average molecular weight is 294 g/mol. The minimum atomic E-state index is -0.819. The van der Waals surface area contributed by atoms with Crippen LogP contribution >= 0.6 is 0 Å². The molecule has 1 heterocycles. The van der Waals surface area contributed by atoms with Gasteiger partial charge in [-0.2, -0.15) is 0 Å². The van der Waals surface area contributed by atoms with Crippen LogP contribution in [0.4, 0.5) is 0 Å². The molecule has 1 aromatic carbocycles. The van der Waals surface area contributed by atoms with Gasteiger partial charge in [0.25, 0.3) is 0 Å². The van der Waals surface area contributed by atoms with Gasteiger partial charge in [-0.05, 0) is 24.6 Å². The number of benzene rings is 1. The van der Waals surface area contributed by atoms with Gasteiger partial charge in [-0.3, -0.25) is 20.2 Å². The number of aryl methyl sites for hydroxylation is 1. The molecular weight excluding hydrogens is 280 g/mol. The smallest absolute Gasteiger partial charge is 0.217 e. The minimum absolute atomic E-state index is 0.448. The first-order valence-corrected chi connectivity index (χ1v) is 6.23. The molecule has 0 aliphatic rings. The standard InChI is InChI=1S/C13H14N2O6/c1-8-5-11-10(3-4-12(20-2)13(11)21-8)9(6-14(16)17)7-15(18)19/h3-5,9H,6-7H2,1-2H3. The van der Waals surface area contributed by atoms with Crippen molar-refractivity contribution in [2.24, 2.45) is 0 Å². The lowest BCUT2D eigenvalue weighted by molar-refractivity contribution is -0.516. The van der Waals surface area contributed by atoms with Crippen molar-refractivity contribution < 1.29 is 19.0 Å². The Morgan fingerprint density at radius 3 is 2.38 bits per heavy atom. The first kappa shape index (κ1) is 14.8. The van der Waals surface area contributed by atoms with Crippen molar-refractivity contribution in [1.82, 2.24) is 0 Å². The number of hydrogen-bond acceptors (Lipinski definition) is 6. The first-order valence-electron chi connectivity index (χ1n) is 6.23. The van der Waals surface area contributed by atoms with Crippen LogP contribution in [-0.2, 0) is 0 Å². The zero-order valence-corrected chi connectivity index (χ0v) is 11.6. The number of furan rings is 1. The topological polar surface area (TPSA) is 109 Å². The van der Waals surface area contributed by atoms with Crippen LogP contribution in [0, 0.1) is 27.2 Å². The molecule has 0 spiro atoms. The second-order valence-corrected chi connectivity index (χ2v) is 4.68. The molecule has 2 aromatic rings. The Morgan fingerprint density at radius 2 is 1.86 bits per heavy atom. The molecule has 0 amide bonds. The van der Waals surface area contributed by atoms with E-state index in [9.17, 15) is 20.2 Å². The summed E-state index contributed by atoms with van der Waals surface area (Å²) < 4.78 is 10.7. The minimum Gasteiger partial charge on any atom is -0.493 e. The van der Waals surface area contributed by atoms with Crippen molar-refractivity contribution in [3.05, 3.63) is 49.8 Å². The molecule has 0 N–H and O–H groups in total. The number of hydrogen-bond donors (Lipinski definition) is 0. The Hall–Kier alpha value is -2.64. The maximum atomic E-state index is 10.8. The summed E-state index contributed by atoms with van der Waals surface area (Å²) in [6.45, 7) is 0.721. The van der Waals surface area contributed by atoms with E-state index in [0.717, 1.165) is 0 Å². The molecular formula is C13H14N2O6. The molecule has 1 aromatic heterocycles. The molecule has 21 heavy (non-hydrogen) atoms. The van der Waals surface area contributed by atoms with Gasteiger partial charge in [-0.25, -0.2) is 0 Å². The number of nitrogens with zero attached hydrogens (tertiary/aromatic N) is 2. The summed E-state index contributed by atoms with van der Waals surface area (Å²) in [4.78, 5) is 20.4. The molecule has 2 rings (SSSR count). The summed E-state index contributed by atoms with van der Waals surface area (Å²) in [5.74, 6) is 0.278. The largest absolute Gasteiger partial charge is 0.493 e. The SMILES string of the molecule is COc1ccc(C(C[N+](=O)[O-])C[N+](=O)[O-])c2cc(C)oc12. The van der Waals surface area contributed by atoms with Gasteiger partial charge in [0.05, 0.1) is 7.11 Å². The molecule has 0 fully saturated rings. The zero-order chi connectivity index (χ0) is 15.6. The van der Waals surface area contributed by atoms with Gasteiger partial charge in [0.1, 0.15) is 11.7 Å². The molecule has 0 aliphatic carbocycles. The Labute approximate surface area is 119 Å². The lowest BCUT2D eigenvalue weighted by Gasteiger charge is -2.11. The van der Waals surface area contributed by atoms with E-state index in [4.69, 9.17) is 9.15 Å². The molecule has 8 nitrogen and oxygen atoms in total. The molecule has 0 atom stereocenters.